The third-order valence-electron chi connectivity index (χ3n) is 5.35. The minimum Gasteiger partial charge on any atom is -0.341 e. The summed E-state index contributed by atoms with van der Waals surface area (Å²) in [6, 6.07) is 5.29. The molecule has 2 atom stereocenters. The van der Waals surface area contributed by atoms with Gasteiger partial charge < -0.3 is 4.90 Å². The molecule has 0 N–H and O–H groups in total. The molecule has 140 valence electrons. The van der Waals surface area contributed by atoms with Gasteiger partial charge in [-0.15, -0.1) is 0 Å². The Morgan fingerprint density at radius 1 is 1.15 bits per heavy atom. The molecule has 3 amide bonds. The van der Waals surface area contributed by atoms with E-state index in [1.54, 1.807) is 19.2 Å². The van der Waals surface area contributed by atoms with Gasteiger partial charge in [0.1, 0.15) is 0 Å². The van der Waals surface area contributed by atoms with Crippen molar-refractivity contribution in [2.24, 2.45) is 11.8 Å². The fourth-order valence-electron chi connectivity index (χ4n) is 3.86. The summed E-state index contributed by atoms with van der Waals surface area (Å²) in [4.78, 5) is 40.2. The average Bonchev–Trinajstić information content (AvgIpc) is 2.88. The van der Waals surface area contributed by atoms with E-state index in [4.69, 9.17) is 23.2 Å². The van der Waals surface area contributed by atoms with Crippen molar-refractivity contribution >= 4 is 40.9 Å². The molecule has 1 aliphatic heterocycles. The number of hydrogen-bond acceptors (Lipinski definition) is 3. The van der Waals surface area contributed by atoms with Gasteiger partial charge in [0.15, 0.2) is 0 Å². The number of carbonyl (C=O) groups is 3. The molecule has 1 saturated carbocycles. The van der Waals surface area contributed by atoms with Gasteiger partial charge in [0.2, 0.25) is 17.7 Å². The van der Waals surface area contributed by atoms with Gasteiger partial charge in [-0.3, -0.25) is 19.3 Å². The number of fused-ring (bicyclic) bond motifs is 1. The number of benzene rings is 1. The zero-order valence-corrected chi connectivity index (χ0v) is 16.2. The van der Waals surface area contributed by atoms with Crippen LogP contribution < -0.4 is 0 Å². The Balaban J connectivity index is 1.57. The van der Waals surface area contributed by atoms with Crippen LogP contribution in [0.25, 0.3) is 0 Å². The van der Waals surface area contributed by atoms with Crippen molar-refractivity contribution in [1.29, 1.82) is 0 Å². The number of rotatable bonds is 5. The van der Waals surface area contributed by atoms with Crippen molar-refractivity contribution < 1.29 is 14.4 Å². The van der Waals surface area contributed by atoms with E-state index >= 15 is 0 Å². The third-order valence-corrected chi connectivity index (χ3v) is 6.20. The maximum atomic E-state index is 12.5. The highest BCUT2D eigenvalue weighted by atomic mass is 35.5. The molecule has 0 radical (unpaired) electrons. The predicted octanol–water partition coefficient (Wildman–Crippen LogP) is 3.52. The molecule has 0 unspecified atom stereocenters. The van der Waals surface area contributed by atoms with Crippen LogP contribution in [0.1, 0.15) is 37.7 Å². The zero-order valence-electron chi connectivity index (χ0n) is 14.7. The Morgan fingerprint density at radius 2 is 1.77 bits per heavy atom. The van der Waals surface area contributed by atoms with E-state index in [2.05, 4.69) is 0 Å². The van der Waals surface area contributed by atoms with Gasteiger partial charge >= 0.3 is 0 Å². The average molecular weight is 397 g/mol. The van der Waals surface area contributed by atoms with Crippen molar-refractivity contribution in [1.82, 2.24) is 9.80 Å². The molecule has 1 heterocycles. The first-order chi connectivity index (χ1) is 12.4. The maximum absolute atomic E-state index is 12.5. The summed E-state index contributed by atoms with van der Waals surface area (Å²) in [5.41, 5.74) is 0.759. The minimum absolute atomic E-state index is 0.104. The van der Waals surface area contributed by atoms with E-state index in [0.717, 1.165) is 31.2 Å². The van der Waals surface area contributed by atoms with Crippen LogP contribution in [0.3, 0.4) is 0 Å². The third kappa shape index (κ3) is 3.74. The highest BCUT2D eigenvalue weighted by molar-refractivity contribution is 6.42. The van der Waals surface area contributed by atoms with Crippen LogP contribution in [0.15, 0.2) is 18.2 Å². The van der Waals surface area contributed by atoms with Gasteiger partial charge in [0.05, 0.1) is 21.9 Å². The first-order valence-corrected chi connectivity index (χ1v) is 9.68. The Bertz CT molecular complexity index is 713. The van der Waals surface area contributed by atoms with Crippen LogP contribution in [0.2, 0.25) is 10.0 Å². The second-order valence-corrected chi connectivity index (χ2v) is 7.82. The monoisotopic (exact) mass is 396 g/mol. The number of hydrogen-bond donors (Lipinski definition) is 0. The van der Waals surface area contributed by atoms with Crippen LogP contribution in [0.4, 0.5) is 0 Å². The van der Waals surface area contributed by atoms with Gasteiger partial charge in [0, 0.05) is 26.6 Å². The van der Waals surface area contributed by atoms with Crippen molar-refractivity contribution in [2.75, 3.05) is 13.6 Å². The highest BCUT2D eigenvalue weighted by Gasteiger charge is 2.47. The standard InChI is InChI=1S/C19H22Cl2N2O3/c1-22(11-12-5-4-8-15(20)17(12)21)16(24)9-10-23-18(25)13-6-2-3-7-14(13)19(23)26/h4-5,8,13-14H,2-3,6-7,9-11H2,1H3/t13-,14+. The van der Waals surface area contributed by atoms with Crippen LogP contribution >= 0.6 is 23.2 Å². The fourth-order valence-corrected chi connectivity index (χ4v) is 4.24. The van der Waals surface area contributed by atoms with Crippen molar-refractivity contribution in [3.8, 4) is 0 Å². The predicted molar refractivity (Wildman–Crippen MR) is 99.7 cm³/mol. The van der Waals surface area contributed by atoms with E-state index in [-0.39, 0.29) is 42.5 Å². The van der Waals surface area contributed by atoms with Crippen molar-refractivity contribution in [2.45, 2.75) is 38.6 Å². The largest absolute Gasteiger partial charge is 0.341 e. The zero-order chi connectivity index (χ0) is 18.8. The molecular weight excluding hydrogens is 375 g/mol. The first kappa shape index (κ1) is 19.2. The highest BCUT2D eigenvalue weighted by Crippen LogP contribution is 2.38. The van der Waals surface area contributed by atoms with E-state index in [1.165, 1.54) is 9.80 Å². The Kier molecular flexibility index (Phi) is 5.88. The van der Waals surface area contributed by atoms with Crippen LogP contribution in [0, 0.1) is 11.8 Å². The molecule has 26 heavy (non-hydrogen) atoms. The molecule has 0 spiro atoms. The molecular formula is C19H22Cl2N2O3. The summed E-state index contributed by atoms with van der Waals surface area (Å²) in [5.74, 6) is -0.693. The normalized spacial score (nSPS) is 22.5. The summed E-state index contributed by atoms with van der Waals surface area (Å²) in [5, 5.41) is 0.878. The number of nitrogens with zero attached hydrogens (tertiary/aromatic N) is 2. The molecule has 5 nitrogen and oxygen atoms in total. The smallest absolute Gasteiger partial charge is 0.233 e. The number of amides is 3. The Hall–Kier alpha value is -1.59. The second-order valence-electron chi connectivity index (χ2n) is 7.04. The molecule has 1 aromatic carbocycles. The summed E-state index contributed by atoms with van der Waals surface area (Å²) in [6.07, 6.45) is 3.68. The summed E-state index contributed by atoms with van der Waals surface area (Å²) < 4.78 is 0. The van der Waals surface area contributed by atoms with Gasteiger partial charge in [-0.25, -0.2) is 0 Å². The lowest BCUT2D eigenvalue weighted by atomic mass is 9.81. The molecule has 0 bridgehead atoms. The van der Waals surface area contributed by atoms with E-state index in [9.17, 15) is 14.4 Å². The Labute approximate surface area is 163 Å². The molecule has 3 rings (SSSR count). The molecule has 1 aromatic rings. The minimum atomic E-state index is -0.172. The van der Waals surface area contributed by atoms with Gasteiger partial charge in [-0.2, -0.15) is 0 Å². The number of halogens is 2. The number of imide groups is 1. The fraction of sp³-hybridized carbons (Fsp3) is 0.526. The summed E-state index contributed by atoms with van der Waals surface area (Å²) in [6.45, 7) is 0.475. The Morgan fingerprint density at radius 3 is 2.38 bits per heavy atom. The summed E-state index contributed by atoms with van der Waals surface area (Å²) >= 11 is 12.2. The summed E-state index contributed by atoms with van der Waals surface area (Å²) in [7, 11) is 1.67. The lowest BCUT2D eigenvalue weighted by Crippen LogP contribution is -2.36. The number of carbonyl (C=O) groups excluding carboxylic acids is 3. The van der Waals surface area contributed by atoms with Gasteiger partial charge in [0.25, 0.3) is 0 Å². The molecule has 7 heteroatoms. The van der Waals surface area contributed by atoms with E-state index in [0.29, 0.717) is 16.6 Å². The molecule has 0 aromatic heterocycles. The molecule has 1 saturated heterocycles. The quantitative estimate of drug-likeness (QED) is 0.715. The maximum Gasteiger partial charge on any atom is 0.233 e. The van der Waals surface area contributed by atoms with Crippen molar-refractivity contribution in [3.05, 3.63) is 33.8 Å². The van der Waals surface area contributed by atoms with E-state index in [1.807, 2.05) is 6.07 Å². The number of likely N-dealkylation sites (tertiary alicyclic amines) is 1. The molecule has 2 aliphatic rings. The molecule has 1 aliphatic carbocycles. The van der Waals surface area contributed by atoms with E-state index < -0.39 is 0 Å². The first-order valence-electron chi connectivity index (χ1n) is 8.92. The van der Waals surface area contributed by atoms with Gasteiger partial charge in [-0.05, 0) is 24.5 Å². The second kappa shape index (κ2) is 7.97. The molecule has 2 fully saturated rings. The lowest BCUT2D eigenvalue weighted by Gasteiger charge is -2.20. The van der Waals surface area contributed by atoms with Crippen LogP contribution in [-0.4, -0.2) is 41.1 Å². The van der Waals surface area contributed by atoms with Crippen LogP contribution in [0.5, 0.6) is 0 Å². The van der Waals surface area contributed by atoms with Gasteiger partial charge in [-0.1, -0.05) is 48.2 Å². The SMILES string of the molecule is CN(Cc1cccc(Cl)c1Cl)C(=O)CCN1C(=O)[C@H]2CCCC[C@H]2C1=O. The van der Waals surface area contributed by atoms with Crippen LogP contribution in [-0.2, 0) is 20.9 Å². The lowest BCUT2D eigenvalue weighted by molar-refractivity contribution is -0.140. The topological polar surface area (TPSA) is 57.7 Å². The van der Waals surface area contributed by atoms with Crippen molar-refractivity contribution in [3.63, 3.8) is 0 Å².